The van der Waals surface area contributed by atoms with Crippen LogP contribution in [0.15, 0.2) is 96.7 Å². The lowest BCUT2D eigenvalue weighted by molar-refractivity contribution is -0.117. The molecule has 0 fully saturated rings. The number of ether oxygens (including phenoxy) is 1. The number of carbonyl (C=O) groups excluding carboxylic acids is 1. The normalized spacial score (nSPS) is 11.4. The van der Waals surface area contributed by atoms with Gasteiger partial charge in [0.25, 0.3) is 5.91 Å². The highest BCUT2D eigenvalue weighted by atomic mass is 19.1. The second-order valence-corrected chi connectivity index (χ2v) is 8.65. The van der Waals surface area contributed by atoms with Gasteiger partial charge in [0.05, 0.1) is 0 Å². The third-order valence-electron chi connectivity index (χ3n) is 6.25. The molecule has 5 aromatic rings. The first-order valence-corrected chi connectivity index (χ1v) is 12.0. The first-order valence-electron chi connectivity index (χ1n) is 12.0. The van der Waals surface area contributed by atoms with Crippen LogP contribution >= 0.6 is 0 Å². The highest BCUT2D eigenvalue weighted by molar-refractivity contribution is 6.05. The van der Waals surface area contributed by atoms with Gasteiger partial charge in [-0.25, -0.2) is 4.39 Å². The number of hydrogen-bond acceptors (Lipinski definition) is 3. The number of benzene rings is 4. The molecule has 182 valence electrons. The molecule has 5 nitrogen and oxygen atoms in total. The number of nitrogens with one attached hydrogen (secondary N) is 2. The van der Waals surface area contributed by atoms with E-state index in [-0.39, 0.29) is 18.0 Å². The number of aromatic nitrogens is 1. The van der Waals surface area contributed by atoms with Crippen LogP contribution in [0.4, 0.5) is 4.39 Å². The van der Waals surface area contributed by atoms with Gasteiger partial charge < -0.3 is 15.0 Å². The van der Waals surface area contributed by atoms with Crippen molar-refractivity contribution in [2.24, 2.45) is 0 Å². The molecule has 0 spiro atoms. The molecule has 0 radical (unpaired) electrons. The molecular weight excluding hydrogens is 465 g/mol. The van der Waals surface area contributed by atoms with E-state index in [1.165, 1.54) is 12.1 Å². The number of aromatic amines is 1. The van der Waals surface area contributed by atoms with E-state index < -0.39 is 5.91 Å². The highest BCUT2D eigenvalue weighted by Gasteiger charge is 2.14. The minimum Gasteiger partial charge on any atom is -0.488 e. The Labute approximate surface area is 213 Å². The van der Waals surface area contributed by atoms with Crippen molar-refractivity contribution in [3.05, 3.63) is 119 Å². The summed E-state index contributed by atoms with van der Waals surface area (Å²) in [5.74, 6) is -0.227. The van der Waals surface area contributed by atoms with Gasteiger partial charge >= 0.3 is 0 Å². The van der Waals surface area contributed by atoms with Crippen molar-refractivity contribution in [1.82, 2.24) is 10.3 Å². The van der Waals surface area contributed by atoms with Crippen molar-refractivity contribution in [3.63, 3.8) is 0 Å². The number of H-pyrrole nitrogens is 1. The average Bonchev–Trinajstić information content (AvgIpc) is 3.34. The number of para-hydroxylation sites is 1. The number of fused-ring (bicyclic) bond motifs is 2. The molecule has 1 amide bonds. The van der Waals surface area contributed by atoms with Crippen LogP contribution in [0.2, 0.25) is 0 Å². The second kappa shape index (κ2) is 10.8. The fourth-order valence-electron chi connectivity index (χ4n) is 4.33. The Kier molecular flexibility index (Phi) is 6.95. The lowest BCUT2D eigenvalue weighted by Crippen LogP contribution is -2.26. The molecule has 0 aliphatic rings. The summed E-state index contributed by atoms with van der Waals surface area (Å²) >= 11 is 0. The molecule has 1 aromatic heterocycles. The van der Waals surface area contributed by atoms with Gasteiger partial charge in [-0.2, -0.15) is 5.26 Å². The fraction of sp³-hybridized carbons (Fsp3) is 0.0968. The summed E-state index contributed by atoms with van der Waals surface area (Å²) in [6, 6.07) is 27.6. The van der Waals surface area contributed by atoms with Crippen LogP contribution in [0.5, 0.6) is 5.75 Å². The van der Waals surface area contributed by atoms with E-state index in [9.17, 15) is 14.4 Å². The number of halogens is 1. The zero-order valence-electron chi connectivity index (χ0n) is 20.0. The van der Waals surface area contributed by atoms with E-state index in [0.717, 1.165) is 32.8 Å². The van der Waals surface area contributed by atoms with Crippen LogP contribution in [0.25, 0.3) is 27.8 Å². The molecule has 4 aromatic carbocycles. The van der Waals surface area contributed by atoms with Crippen molar-refractivity contribution in [3.8, 4) is 11.8 Å². The molecule has 5 rings (SSSR count). The molecule has 0 aliphatic carbocycles. The van der Waals surface area contributed by atoms with E-state index in [2.05, 4.69) is 10.3 Å². The van der Waals surface area contributed by atoms with Crippen molar-refractivity contribution < 1.29 is 13.9 Å². The average molecular weight is 490 g/mol. The first kappa shape index (κ1) is 23.8. The third kappa shape index (κ3) is 5.36. The van der Waals surface area contributed by atoms with Crippen LogP contribution in [0.3, 0.4) is 0 Å². The lowest BCUT2D eigenvalue weighted by atomic mass is 10.0. The smallest absolute Gasteiger partial charge is 0.261 e. The molecule has 0 bridgehead atoms. The van der Waals surface area contributed by atoms with Crippen molar-refractivity contribution >= 4 is 33.7 Å². The van der Waals surface area contributed by atoms with Crippen molar-refractivity contribution in [1.29, 1.82) is 5.26 Å². The monoisotopic (exact) mass is 489 g/mol. The van der Waals surface area contributed by atoms with Gasteiger partial charge in [0, 0.05) is 29.2 Å². The molecule has 0 aliphatic heterocycles. The summed E-state index contributed by atoms with van der Waals surface area (Å²) in [6.45, 7) is 0.612. The van der Waals surface area contributed by atoms with E-state index in [4.69, 9.17) is 4.74 Å². The predicted octanol–water partition coefficient (Wildman–Crippen LogP) is 6.31. The van der Waals surface area contributed by atoms with E-state index >= 15 is 0 Å². The molecular formula is C31H24FN3O2. The Morgan fingerprint density at radius 2 is 1.73 bits per heavy atom. The molecule has 0 atom stereocenters. The highest BCUT2D eigenvalue weighted by Crippen LogP contribution is 2.31. The van der Waals surface area contributed by atoms with Crippen LogP contribution in [-0.2, 0) is 17.8 Å². The predicted molar refractivity (Wildman–Crippen MR) is 143 cm³/mol. The maximum absolute atomic E-state index is 13.3. The van der Waals surface area contributed by atoms with Crippen molar-refractivity contribution in [2.45, 2.75) is 13.0 Å². The van der Waals surface area contributed by atoms with Crippen LogP contribution in [0, 0.1) is 17.1 Å². The zero-order valence-corrected chi connectivity index (χ0v) is 20.0. The number of amides is 1. The molecule has 1 heterocycles. The summed E-state index contributed by atoms with van der Waals surface area (Å²) in [6.07, 6.45) is 4.15. The Balaban J connectivity index is 1.37. The van der Waals surface area contributed by atoms with Gasteiger partial charge in [-0.1, -0.05) is 60.7 Å². The summed E-state index contributed by atoms with van der Waals surface area (Å²) in [4.78, 5) is 16.2. The molecule has 0 saturated carbocycles. The van der Waals surface area contributed by atoms with Crippen LogP contribution in [-0.4, -0.2) is 17.4 Å². The SMILES string of the molecule is N#C/C(=C/c1c(OCc2ccc(F)cc2)ccc2ccccc12)C(=O)NCCc1c[nH]c2ccccc12. The van der Waals surface area contributed by atoms with E-state index in [1.54, 1.807) is 18.2 Å². The largest absolute Gasteiger partial charge is 0.488 e. The Bertz CT molecular complexity index is 1650. The Hall–Kier alpha value is -4.89. The number of hydrogen-bond donors (Lipinski definition) is 2. The first-order chi connectivity index (χ1) is 18.1. The molecule has 0 unspecified atom stereocenters. The summed E-state index contributed by atoms with van der Waals surface area (Å²) < 4.78 is 19.3. The number of nitrogens with zero attached hydrogens (tertiary/aromatic N) is 1. The maximum atomic E-state index is 13.3. The maximum Gasteiger partial charge on any atom is 0.261 e. The van der Waals surface area contributed by atoms with Gasteiger partial charge in [-0.15, -0.1) is 0 Å². The summed E-state index contributed by atoms with van der Waals surface area (Å²) in [5, 5.41) is 15.6. The van der Waals surface area contributed by atoms with E-state index in [1.807, 2.05) is 72.9 Å². The molecule has 6 heteroatoms. The van der Waals surface area contributed by atoms with Gasteiger partial charge in [0.15, 0.2) is 0 Å². The molecule has 0 saturated heterocycles. The van der Waals surface area contributed by atoms with E-state index in [0.29, 0.717) is 24.3 Å². The number of carbonyl (C=O) groups is 1. The van der Waals surface area contributed by atoms with Crippen LogP contribution < -0.4 is 10.1 Å². The molecule has 37 heavy (non-hydrogen) atoms. The topological polar surface area (TPSA) is 77.9 Å². The van der Waals surface area contributed by atoms with Crippen molar-refractivity contribution in [2.75, 3.05) is 6.54 Å². The number of nitriles is 1. The minimum atomic E-state index is -0.445. The third-order valence-corrected chi connectivity index (χ3v) is 6.25. The van der Waals surface area contributed by atoms with Gasteiger partial charge in [0.2, 0.25) is 0 Å². The zero-order chi connectivity index (χ0) is 25.6. The lowest BCUT2D eigenvalue weighted by Gasteiger charge is -2.13. The van der Waals surface area contributed by atoms with Crippen LogP contribution in [0.1, 0.15) is 16.7 Å². The number of rotatable bonds is 8. The fourth-order valence-corrected chi connectivity index (χ4v) is 4.33. The second-order valence-electron chi connectivity index (χ2n) is 8.65. The van der Waals surface area contributed by atoms with Gasteiger partial charge in [-0.3, -0.25) is 4.79 Å². The standard InChI is InChI=1S/C31H24FN3O2/c32-25-12-9-21(10-13-25)20-37-30-14-11-22-5-1-2-6-26(22)28(30)17-24(18-33)31(36)34-16-15-23-19-35-29-8-4-3-7-27(23)29/h1-14,17,19,35H,15-16,20H2,(H,34,36)/b24-17-. The molecule has 2 N–H and O–H groups in total. The Morgan fingerprint density at radius 1 is 0.973 bits per heavy atom. The minimum absolute atomic E-state index is 0.0121. The summed E-state index contributed by atoms with van der Waals surface area (Å²) in [7, 11) is 0. The summed E-state index contributed by atoms with van der Waals surface area (Å²) in [5.41, 5.74) is 3.58. The quantitative estimate of drug-likeness (QED) is 0.198. The Morgan fingerprint density at radius 3 is 2.54 bits per heavy atom. The van der Waals surface area contributed by atoms with Gasteiger partial charge in [0.1, 0.15) is 29.8 Å². The van der Waals surface area contributed by atoms with Gasteiger partial charge in [-0.05, 0) is 58.7 Å².